The molecule has 2 rings (SSSR count). The molecule has 7 nitrogen and oxygen atoms in total. The lowest BCUT2D eigenvalue weighted by Crippen LogP contribution is -2.17. The summed E-state index contributed by atoms with van der Waals surface area (Å²) >= 11 is 1.43. The molecule has 128 valence electrons. The van der Waals surface area contributed by atoms with Gasteiger partial charge in [0.25, 0.3) is 0 Å². The average molecular weight is 346 g/mol. The van der Waals surface area contributed by atoms with Crippen LogP contribution < -0.4 is 16.0 Å². The van der Waals surface area contributed by atoms with Crippen LogP contribution in [0.25, 0.3) is 0 Å². The maximum atomic E-state index is 12.1. The van der Waals surface area contributed by atoms with Crippen LogP contribution >= 0.6 is 11.8 Å². The minimum absolute atomic E-state index is 0.0523. The van der Waals surface area contributed by atoms with Gasteiger partial charge in [0.1, 0.15) is 5.82 Å². The van der Waals surface area contributed by atoms with Crippen molar-refractivity contribution in [2.75, 3.05) is 35.8 Å². The van der Waals surface area contributed by atoms with Gasteiger partial charge in [0.05, 0.1) is 11.5 Å². The molecule has 8 heteroatoms. The van der Waals surface area contributed by atoms with Crippen LogP contribution in [0.2, 0.25) is 0 Å². The fraction of sp³-hybridized carbons (Fsp3) is 0.375. The number of aromatic nitrogens is 3. The Morgan fingerprint density at radius 1 is 1.25 bits per heavy atom. The Morgan fingerprint density at radius 3 is 2.71 bits per heavy atom. The molecule has 1 amide bonds. The van der Waals surface area contributed by atoms with Gasteiger partial charge in [-0.1, -0.05) is 12.1 Å². The first kappa shape index (κ1) is 18.0. The number of benzene rings is 1. The predicted molar refractivity (Wildman–Crippen MR) is 99.3 cm³/mol. The third-order valence-electron chi connectivity index (χ3n) is 3.43. The molecule has 24 heavy (non-hydrogen) atoms. The molecule has 0 atom stereocenters. The van der Waals surface area contributed by atoms with Crippen LogP contribution in [-0.4, -0.2) is 40.7 Å². The van der Waals surface area contributed by atoms with Crippen LogP contribution in [0.5, 0.6) is 0 Å². The van der Waals surface area contributed by atoms with Crippen LogP contribution in [0.15, 0.2) is 18.2 Å². The molecule has 0 aliphatic rings. The van der Waals surface area contributed by atoms with Gasteiger partial charge in [-0.05, 0) is 31.0 Å². The van der Waals surface area contributed by atoms with Crippen molar-refractivity contribution in [2.24, 2.45) is 0 Å². The van der Waals surface area contributed by atoms with Crippen LogP contribution in [0.3, 0.4) is 0 Å². The zero-order valence-electron chi connectivity index (χ0n) is 14.3. The normalized spacial score (nSPS) is 10.5. The van der Waals surface area contributed by atoms with Gasteiger partial charge in [0, 0.05) is 19.8 Å². The summed E-state index contributed by atoms with van der Waals surface area (Å²) in [7, 11) is 3.67. The number of hydrogen-bond acceptors (Lipinski definition) is 7. The Balaban J connectivity index is 1.90. The molecule has 0 spiro atoms. The second-order valence-corrected chi connectivity index (χ2v) is 6.58. The quantitative estimate of drug-likeness (QED) is 0.825. The van der Waals surface area contributed by atoms with Crippen molar-refractivity contribution in [2.45, 2.75) is 19.6 Å². The number of carbonyl (C=O) groups excluding carboxylic acids is 1. The van der Waals surface area contributed by atoms with E-state index in [0.717, 1.165) is 16.8 Å². The van der Waals surface area contributed by atoms with Crippen molar-refractivity contribution < 1.29 is 4.79 Å². The highest BCUT2D eigenvalue weighted by atomic mass is 32.2. The summed E-state index contributed by atoms with van der Waals surface area (Å²) in [4.78, 5) is 26.3. The number of nitrogen functional groups attached to an aromatic ring is 1. The fourth-order valence-corrected chi connectivity index (χ4v) is 2.67. The standard InChI is InChI=1S/C16H22N6OS/c1-10-6-5-7-12(11(10)2)18-14(23)9-24-8-13-19-15(17)21-16(20-13)22(3)4/h5-7H,8-9H2,1-4H3,(H,18,23)(H2,17,19,20,21). The highest BCUT2D eigenvalue weighted by Crippen LogP contribution is 2.19. The van der Waals surface area contributed by atoms with E-state index in [1.54, 1.807) is 4.90 Å². The summed E-state index contributed by atoms with van der Waals surface area (Å²) in [5, 5.41) is 2.93. The Bertz CT molecular complexity index is 735. The zero-order chi connectivity index (χ0) is 17.7. The first-order chi connectivity index (χ1) is 11.4. The first-order valence-corrected chi connectivity index (χ1v) is 8.64. The van der Waals surface area contributed by atoms with E-state index < -0.39 is 0 Å². The molecule has 0 saturated carbocycles. The van der Waals surface area contributed by atoms with E-state index >= 15 is 0 Å². The molecular formula is C16H22N6OS. The van der Waals surface area contributed by atoms with E-state index in [0.29, 0.717) is 23.3 Å². The van der Waals surface area contributed by atoms with Gasteiger partial charge >= 0.3 is 0 Å². The van der Waals surface area contributed by atoms with E-state index in [-0.39, 0.29) is 11.9 Å². The fourth-order valence-electron chi connectivity index (χ4n) is 2.00. The molecular weight excluding hydrogens is 324 g/mol. The molecule has 3 N–H and O–H groups in total. The van der Waals surface area contributed by atoms with Crippen molar-refractivity contribution >= 4 is 35.3 Å². The van der Waals surface area contributed by atoms with Crippen LogP contribution in [0.4, 0.5) is 17.6 Å². The number of nitrogens with one attached hydrogen (secondary N) is 1. The summed E-state index contributed by atoms with van der Waals surface area (Å²) in [6.07, 6.45) is 0. The number of thioether (sulfide) groups is 1. The summed E-state index contributed by atoms with van der Waals surface area (Å²) in [6, 6.07) is 5.86. The summed E-state index contributed by atoms with van der Waals surface area (Å²) in [5.41, 5.74) is 8.76. The van der Waals surface area contributed by atoms with E-state index in [9.17, 15) is 4.79 Å². The van der Waals surface area contributed by atoms with Gasteiger partial charge in [-0.25, -0.2) is 0 Å². The zero-order valence-corrected chi connectivity index (χ0v) is 15.1. The number of amides is 1. The lowest BCUT2D eigenvalue weighted by atomic mass is 10.1. The number of rotatable bonds is 6. The molecule has 1 heterocycles. The van der Waals surface area contributed by atoms with Crippen molar-refractivity contribution in [3.8, 4) is 0 Å². The van der Waals surface area contributed by atoms with Gasteiger partial charge in [0.15, 0.2) is 0 Å². The molecule has 0 bridgehead atoms. The van der Waals surface area contributed by atoms with Crippen LogP contribution in [0.1, 0.15) is 17.0 Å². The maximum Gasteiger partial charge on any atom is 0.234 e. The van der Waals surface area contributed by atoms with Crippen molar-refractivity contribution in [3.05, 3.63) is 35.2 Å². The molecule has 0 aliphatic heterocycles. The molecule has 0 fully saturated rings. The summed E-state index contributed by atoms with van der Waals surface area (Å²) in [5.74, 6) is 2.02. The summed E-state index contributed by atoms with van der Waals surface area (Å²) < 4.78 is 0. The SMILES string of the molecule is Cc1cccc(NC(=O)CSCc2nc(N)nc(N(C)C)n2)c1C. The van der Waals surface area contributed by atoms with E-state index in [1.165, 1.54) is 11.8 Å². The molecule has 0 saturated heterocycles. The van der Waals surface area contributed by atoms with E-state index in [1.807, 2.05) is 46.1 Å². The number of anilines is 3. The van der Waals surface area contributed by atoms with Crippen molar-refractivity contribution in [1.82, 2.24) is 15.0 Å². The molecule has 0 radical (unpaired) electrons. The van der Waals surface area contributed by atoms with Crippen molar-refractivity contribution in [3.63, 3.8) is 0 Å². The number of aryl methyl sites for hydroxylation is 1. The predicted octanol–water partition coefficient (Wildman–Crippen LogP) is 2.01. The second kappa shape index (κ2) is 7.96. The van der Waals surface area contributed by atoms with Gasteiger partial charge < -0.3 is 16.0 Å². The molecule has 0 aliphatic carbocycles. The van der Waals surface area contributed by atoms with Gasteiger partial charge in [-0.2, -0.15) is 15.0 Å². The molecule has 2 aromatic rings. The Morgan fingerprint density at radius 2 is 2.00 bits per heavy atom. The third kappa shape index (κ3) is 4.82. The molecule has 1 aromatic carbocycles. The Labute approximate surface area is 146 Å². The van der Waals surface area contributed by atoms with Crippen LogP contribution in [0, 0.1) is 13.8 Å². The topological polar surface area (TPSA) is 97.0 Å². The molecule has 0 unspecified atom stereocenters. The average Bonchev–Trinajstić information content (AvgIpc) is 2.51. The highest BCUT2D eigenvalue weighted by Gasteiger charge is 2.09. The maximum absolute atomic E-state index is 12.1. The molecule has 1 aromatic heterocycles. The first-order valence-electron chi connectivity index (χ1n) is 7.48. The Kier molecular flexibility index (Phi) is 5.97. The summed E-state index contributed by atoms with van der Waals surface area (Å²) in [6.45, 7) is 4.02. The van der Waals surface area contributed by atoms with Gasteiger partial charge in [0.2, 0.25) is 17.8 Å². The number of carbonyl (C=O) groups is 1. The lowest BCUT2D eigenvalue weighted by molar-refractivity contribution is -0.113. The largest absolute Gasteiger partial charge is 0.368 e. The van der Waals surface area contributed by atoms with E-state index in [4.69, 9.17) is 5.73 Å². The van der Waals surface area contributed by atoms with E-state index in [2.05, 4.69) is 20.3 Å². The number of nitrogens with two attached hydrogens (primary N) is 1. The second-order valence-electron chi connectivity index (χ2n) is 5.59. The van der Waals surface area contributed by atoms with Gasteiger partial charge in [-0.15, -0.1) is 11.8 Å². The number of hydrogen-bond donors (Lipinski definition) is 2. The minimum atomic E-state index is -0.0523. The van der Waals surface area contributed by atoms with Crippen molar-refractivity contribution in [1.29, 1.82) is 0 Å². The number of nitrogens with zero attached hydrogens (tertiary/aromatic N) is 4. The monoisotopic (exact) mass is 346 g/mol. The minimum Gasteiger partial charge on any atom is -0.368 e. The van der Waals surface area contributed by atoms with Gasteiger partial charge in [-0.3, -0.25) is 4.79 Å². The third-order valence-corrected chi connectivity index (χ3v) is 4.36. The van der Waals surface area contributed by atoms with Crippen LogP contribution in [-0.2, 0) is 10.5 Å². The highest BCUT2D eigenvalue weighted by molar-refractivity contribution is 7.99. The Hall–Kier alpha value is -2.35. The smallest absolute Gasteiger partial charge is 0.234 e. The lowest BCUT2D eigenvalue weighted by Gasteiger charge is -2.12.